The Hall–Kier alpha value is -3.07. The van der Waals surface area contributed by atoms with Gasteiger partial charge in [-0.3, -0.25) is 0 Å². The molecule has 0 amide bonds. The normalized spacial score (nSPS) is 18.8. The second-order valence-electron chi connectivity index (χ2n) is 7.97. The first-order valence-corrected chi connectivity index (χ1v) is 11.3. The van der Waals surface area contributed by atoms with Gasteiger partial charge in [0.15, 0.2) is 0 Å². The van der Waals surface area contributed by atoms with Crippen molar-refractivity contribution in [2.24, 2.45) is 0 Å². The van der Waals surface area contributed by atoms with E-state index in [2.05, 4.69) is 15.1 Å². The van der Waals surface area contributed by atoms with Gasteiger partial charge in [-0.05, 0) is 68.6 Å². The van der Waals surface area contributed by atoms with E-state index in [-0.39, 0.29) is 17.1 Å². The lowest BCUT2D eigenvalue weighted by Crippen LogP contribution is -2.39. The number of aliphatic hydroxyl groups is 1. The minimum Gasteiger partial charge on any atom is -0.511 e. The van der Waals surface area contributed by atoms with E-state index in [1.165, 1.54) is 0 Å². The molecule has 2 aromatic heterocycles. The van der Waals surface area contributed by atoms with Crippen molar-refractivity contribution in [1.29, 1.82) is 0 Å². The molecule has 0 spiro atoms. The van der Waals surface area contributed by atoms with E-state index >= 15 is 0 Å². The summed E-state index contributed by atoms with van der Waals surface area (Å²) in [6, 6.07) is 9.72. The zero-order chi connectivity index (χ0) is 22.9. The number of benzene rings is 1. The number of hydrogen-bond acceptors (Lipinski definition) is 8. The number of cyclic esters (lactones) is 1. The summed E-state index contributed by atoms with van der Waals surface area (Å²) in [5.41, 5.74) is 2.10. The smallest absolute Gasteiger partial charge is 0.349 e. The second kappa shape index (κ2) is 8.82. The molecule has 168 valence electrons. The summed E-state index contributed by atoms with van der Waals surface area (Å²) in [6.07, 6.45) is 2.20. The van der Waals surface area contributed by atoms with Gasteiger partial charge >= 0.3 is 5.97 Å². The molecule has 8 nitrogen and oxygen atoms in total. The third-order valence-corrected chi connectivity index (χ3v) is 6.67. The molecule has 3 heterocycles. The van der Waals surface area contributed by atoms with Crippen LogP contribution in [0, 0.1) is 13.8 Å². The number of esters is 1. The summed E-state index contributed by atoms with van der Waals surface area (Å²) in [5, 5.41) is 15.5. The first-order chi connectivity index (χ1) is 15.3. The number of rotatable bonds is 7. The average molecular weight is 455 g/mol. The third-order valence-electron chi connectivity index (χ3n) is 5.71. The number of carbonyl (C=O) groups is 1. The van der Waals surface area contributed by atoms with Crippen molar-refractivity contribution in [3.63, 3.8) is 0 Å². The van der Waals surface area contributed by atoms with Gasteiger partial charge in [0.05, 0.1) is 7.11 Å². The summed E-state index contributed by atoms with van der Waals surface area (Å²) in [7, 11) is 1.63. The highest BCUT2D eigenvalue weighted by Gasteiger charge is 2.41. The van der Waals surface area contributed by atoms with E-state index in [4.69, 9.17) is 9.47 Å². The Labute approximate surface area is 190 Å². The van der Waals surface area contributed by atoms with Gasteiger partial charge in [0.25, 0.3) is 5.78 Å². The zero-order valence-corrected chi connectivity index (χ0v) is 19.4. The molecule has 1 unspecified atom stereocenters. The molecule has 0 aliphatic carbocycles. The monoisotopic (exact) mass is 454 g/mol. The quantitative estimate of drug-likeness (QED) is 0.527. The predicted octanol–water partition coefficient (Wildman–Crippen LogP) is 4.34. The Morgan fingerprint density at radius 3 is 2.66 bits per heavy atom. The zero-order valence-electron chi connectivity index (χ0n) is 18.6. The Balaban J connectivity index is 1.51. The van der Waals surface area contributed by atoms with Crippen LogP contribution in [0.4, 0.5) is 0 Å². The Kier molecular flexibility index (Phi) is 6.10. The number of methoxy groups -OCH3 is 1. The van der Waals surface area contributed by atoms with Crippen LogP contribution >= 0.6 is 11.8 Å². The van der Waals surface area contributed by atoms with Crippen LogP contribution in [0.15, 0.2) is 46.2 Å². The molecule has 1 aromatic carbocycles. The number of aryl methyl sites for hydroxylation is 3. The molecule has 1 aliphatic rings. The summed E-state index contributed by atoms with van der Waals surface area (Å²) >= 11 is 1.01. The van der Waals surface area contributed by atoms with Crippen molar-refractivity contribution < 1.29 is 19.4 Å². The van der Waals surface area contributed by atoms with Crippen LogP contribution in [0.2, 0.25) is 0 Å². The summed E-state index contributed by atoms with van der Waals surface area (Å²) in [5.74, 6) is 0.723. The van der Waals surface area contributed by atoms with Crippen molar-refractivity contribution >= 4 is 23.5 Å². The number of carbonyl (C=O) groups excluding carboxylic acids is 1. The number of aromatic nitrogens is 4. The summed E-state index contributed by atoms with van der Waals surface area (Å²) in [6.45, 7) is 5.76. The lowest BCUT2D eigenvalue weighted by molar-refractivity contribution is -0.158. The van der Waals surface area contributed by atoms with Crippen molar-refractivity contribution in [3.8, 4) is 5.75 Å². The molecule has 0 bridgehead atoms. The second-order valence-corrected chi connectivity index (χ2v) is 8.95. The fraction of sp³-hybridized carbons (Fsp3) is 0.391. The Morgan fingerprint density at radius 1 is 1.25 bits per heavy atom. The van der Waals surface area contributed by atoms with Crippen LogP contribution in [0.25, 0.3) is 5.78 Å². The maximum absolute atomic E-state index is 12.9. The molecule has 3 aromatic rings. The van der Waals surface area contributed by atoms with Crippen LogP contribution in [-0.2, 0) is 16.0 Å². The molecule has 1 N–H and O–H groups in total. The van der Waals surface area contributed by atoms with Crippen LogP contribution in [0.1, 0.15) is 43.1 Å². The highest BCUT2D eigenvalue weighted by molar-refractivity contribution is 8.03. The molecule has 0 saturated heterocycles. The van der Waals surface area contributed by atoms with E-state index < -0.39 is 11.6 Å². The predicted molar refractivity (Wildman–Crippen MR) is 121 cm³/mol. The fourth-order valence-corrected chi connectivity index (χ4v) is 4.59. The Bertz CT molecular complexity index is 1190. The van der Waals surface area contributed by atoms with Gasteiger partial charge in [-0.15, -0.1) is 5.10 Å². The number of ether oxygens (including phenoxy) is 2. The molecular weight excluding hydrogens is 428 g/mol. The highest BCUT2D eigenvalue weighted by atomic mass is 32.2. The SMILES string of the molecule is CCC1(CCc2ccc(OC)cc2)CC(O)=C(Sc2nc3nc(C)cc(C)n3n2)C(=O)O1. The lowest BCUT2D eigenvalue weighted by Gasteiger charge is -2.36. The van der Waals surface area contributed by atoms with Gasteiger partial charge in [0, 0.05) is 17.8 Å². The molecule has 0 fully saturated rings. The molecule has 4 rings (SSSR count). The standard InChI is InChI=1S/C23H26N4O4S/c1-5-23(11-10-16-6-8-17(30-4)9-7-16)13-18(28)19(20(29)31-23)32-22-25-21-24-14(2)12-15(3)27(21)26-22/h6-9,12,28H,5,10-11,13H2,1-4H3. The third kappa shape index (κ3) is 4.43. The average Bonchev–Trinajstić information content (AvgIpc) is 3.18. The minimum absolute atomic E-state index is 0.0162. The summed E-state index contributed by atoms with van der Waals surface area (Å²) in [4.78, 5) is 21.7. The maximum Gasteiger partial charge on any atom is 0.349 e. The molecule has 1 atom stereocenters. The van der Waals surface area contributed by atoms with Crippen LogP contribution in [0.5, 0.6) is 5.75 Å². The van der Waals surface area contributed by atoms with Crippen LogP contribution < -0.4 is 4.74 Å². The van der Waals surface area contributed by atoms with Gasteiger partial charge in [-0.1, -0.05) is 19.1 Å². The van der Waals surface area contributed by atoms with E-state index in [0.29, 0.717) is 23.8 Å². The molecule has 1 aliphatic heterocycles. The first-order valence-electron chi connectivity index (χ1n) is 10.5. The molecular formula is C23H26N4O4S. The largest absolute Gasteiger partial charge is 0.511 e. The first kappa shape index (κ1) is 22.1. The van der Waals surface area contributed by atoms with Gasteiger partial charge in [-0.25, -0.2) is 14.3 Å². The van der Waals surface area contributed by atoms with E-state index in [9.17, 15) is 9.90 Å². The minimum atomic E-state index is -0.743. The number of aliphatic hydroxyl groups excluding tert-OH is 1. The van der Waals surface area contributed by atoms with Crippen LogP contribution in [0.3, 0.4) is 0 Å². The number of nitrogens with zero attached hydrogens (tertiary/aromatic N) is 4. The number of thioether (sulfide) groups is 1. The van der Waals surface area contributed by atoms with Gasteiger partial charge in [0.1, 0.15) is 22.0 Å². The van der Waals surface area contributed by atoms with E-state index in [1.807, 2.05) is 51.1 Å². The van der Waals surface area contributed by atoms with Crippen molar-refractivity contribution in [2.45, 2.75) is 57.2 Å². The maximum atomic E-state index is 12.9. The molecule has 0 radical (unpaired) electrons. The highest BCUT2D eigenvalue weighted by Crippen LogP contribution is 2.40. The van der Waals surface area contributed by atoms with E-state index in [0.717, 1.165) is 40.9 Å². The number of hydrogen-bond donors (Lipinski definition) is 1. The van der Waals surface area contributed by atoms with E-state index in [1.54, 1.807) is 11.6 Å². The number of fused-ring (bicyclic) bond motifs is 1. The molecule has 32 heavy (non-hydrogen) atoms. The van der Waals surface area contributed by atoms with Crippen molar-refractivity contribution in [1.82, 2.24) is 19.6 Å². The van der Waals surface area contributed by atoms with Crippen molar-refractivity contribution in [2.75, 3.05) is 7.11 Å². The summed E-state index contributed by atoms with van der Waals surface area (Å²) < 4.78 is 12.7. The Morgan fingerprint density at radius 2 is 2.00 bits per heavy atom. The molecule has 0 saturated carbocycles. The lowest BCUT2D eigenvalue weighted by atomic mass is 9.86. The van der Waals surface area contributed by atoms with Gasteiger partial charge in [-0.2, -0.15) is 4.98 Å². The fourth-order valence-electron chi connectivity index (χ4n) is 3.84. The van der Waals surface area contributed by atoms with Crippen LogP contribution in [-0.4, -0.2) is 43.4 Å². The van der Waals surface area contributed by atoms with Gasteiger partial charge in [0.2, 0.25) is 5.16 Å². The van der Waals surface area contributed by atoms with Gasteiger partial charge < -0.3 is 14.6 Å². The molecule has 9 heteroatoms. The topological polar surface area (TPSA) is 98.8 Å². The van der Waals surface area contributed by atoms with Crippen molar-refractivity contribution in [3.05, 3.63) is 57.9 Å².